The molecule has 0 spiro atoms. The molecule has 0 saturated heterocycles. The molecule has 0 aromatic heterocycles. The molecular formula is C13H32N3O2+. The maximum atomic E-state index is 12.2. The van der Waals surface area contributed by atoms with E-state index in [0.717, 1.165) is 13.1 Å². The average Bonchev–Trinajstić information content (AvgIpc) is 2.26. The molecule has 2 N–H and O–H groups in total. The molecule has 2 atom stereocenters. The first kappa shape index (κ1) is 17.8. The first-order valence-corrected chi connectivity index (χ1v) is 6.91. The van der Waals surface area contributed by atoms with Crippen LogP contribution in [0.5, 0.6) is 0 Å². The number of hydroxylamine groups is 5. The van der Waals surface area contributed by atoms with Crippen LogP contribution >= 0.6 is 0 Å². The monoisotopic (exact) mass is 262 g/mol. The van der Waals surface area contributed by atoms with Crippen LogP contribution in [0.25, 0.3) is 0 Å². The second-order valence-corrected chi connectivity index (χ2v) is 5.88. The Balaban J connectivity index is 5.12. The summed E-state index contributed by atoms with van der Waals surface area (Å²) in [6.07, 6.45) is 0. The lowest BCUT2D eigenvalue weighted by molar-refractivity contribution is -1.23. The third-order valence-corrected chi connectivity index (χ3v) is 3.82. The molecule has 2 unspecified atom stereocenters. The van der Waals surface area contributed by atoms with Crippen LogP contribution in [-0.4, -0.2) is 42.7 Å². The van der Waals surface area contributed by atoms with Gasteiger partial charge in [-0.25, -0.2) is 0 Å². The zero-order valence-electron chi connectivity index (χ0n) is 13.4. The van der Waals surface area contributed by atoms with Gasteiger partial charge in [-0.2, -0.15) is 4.84 Å². The normalized spacial score (nSPS) is 18.5. The van der Waals surface area contributed by atoms with E-state index in [1.54, 1.807) is 0 Å². The quantitative estimate of drug-likeness (QED) is 0.388. The second-order valence-electron chi connectivity index (χ2n) is 5.88. The summed E-state index contributed by atoms with van der Waals surface area (Å²) in [5.74, 6) is 0. The van der Waals surface area contributed by atoms with Crippen LogP contribution < -0.4 is 10.4 Å². The van der Waals surface area contributed by atoms with Gasteiger partial charge in [0.25, 0.3) is 0 Å². The van der Waals surface area contributed by atoms with Gasteiger partial charge in [-0.3, -0.25) is 5.32 Å². The first-order valence-electron chi connectivity index (χ1n) is 6.91. The summed E-state index contributed by atoms with van der Waals surface area (Å²) >= 11 is 0. The largest absolute Gasteiger partial charge is 0.630 e. The highest BCUT2D eigenvalue weighted by Gasteiger charge is 2.49. The van der Waals surface area contributed by atoms with Gasteiger partial charge in [-0.05, 0) is 34.2 Å². The lowest BCUT2D eigenvalue weighted by Crippen LogP contribution is -3.18. The van der Waals surface area contributed by atoms with Gasteiger partial charge < -0.3 is 10.3 Å². The van der Waals surface area contributed by atoms with E-state index in [1.807, 2.05) is 55.5 Å². The van der Waals surface area contributed by atoms with Crippen molar-refractivity contribution >= 4 is 0 Å². The Bertz CT molecular complexity index is 257. The fraction of sp³-hybridized carbons (Fsp3) is 1.00. The van der Waals surface area contributed by atoms with Crippen molar-refractivity contribution in [2.75, 3.05) is 26.7 Å². The fourth-order valence-corrected chi connectivity index (χ4v) is 2.23. The lowest BCUT2D eigenvalue weighted by Gasteiger charge is -2.50. The van der Waals surface area contributed by atoms with Crippen LogP contribution in [0.2, 0.25) is 0 Å². The third-order valence-electron chi connectivity index (χ3n) is 3.82. The maximum Gasteiger partial charge on any atom is 0.247 e. The van der Waals surface area contributed by atoms with E-state index in [9.17, 15) is 5.21 Å². The molecule has 0 fully saturated rings. The molecule has 18 heavy (non-hydrogen) atoms. The van der Waals surface area contributed by atoms with Gasteiger partial charge in [0, 0.05) is 13.8 Å². The highest BCUT2D eigenvalue weighted by atomic mass is 16.8. The standard InChI is InChI=1S/C13H32N3O2/c1-9-14-12(4,5)18-16(8,11-3)13(6,7)15(17)10-2/h14-15H,9-11H2,1-8H3/q+1. The third kappa shape index (κ3) is 3.90. The van der Waals surface area contributed by atoms with E-state index in [-0.39, 0.29) is 9.71 Å². The minimum Gasteiger partial charge on any atom is -0.630 e. The van der Waals surface area contributed by atoms with Gasteiger partial charge in [0.15, 0.2) is 5.72 Å². The van der Waals surface area contributed by atoms with Gasteiger partial charge in [0.2, 0.25) is 5.66 Å². The summed E-state index contributed by atoms with van der Waals surface area (Å²) in [5, 5.41) is 15.7. The average molecular weight is 262 g/mol. The molecule has 0 aliphatic heterocycles. The zero-order chi connectivity index (χ0) is 14.6. The summed E-state index contributed by atoms with van der Waals surface area (Å²) in [6.45, 7) is 16.0. The highest BCUT2D eigenvalue weighted by molar-refractivity contribution is 4.62. The van der Waals surface area contributed by atoms with Crippen LogP contribution in [0.15, 0.2) is 0 Å². The van der Waals surface area contributed by atoms with Crippen molar-refractivity contribution in [1.29, 1.82) is 0 Å². The zero-order valence-corrected chi connectivity index (χ0v) is 13.4. The Morgan fingerprint density at radius 3 is 2.00 bits per heavy atom. The van der Waals surface area contributed by atoms with Crippen molar-refractivity contribution in [3.8, 4) is 0 Å². The molecule has 0 heterocycles. The summed E-state index contributed by atoms with van der Waals surface area (Å²) in [5.41, 5.74) is -0.999. The predicted molar refractivity (Wildman–Crippen MR) is 74.5 cm³/mol. The molecular weight excluding hydrogens is 230 g/mol. The van der Waals surface area contributed by atoms with Crippen molar-refractivity contribution in [2.45, 2.75) is 59.9 Å². The van der Waals surface area contributed by atoms with Crippen LogP contribution in [0.3, 0.4) is 0 Å². The number of nitrogens with zero attached hydrogens (tertiary/aromatic N) is 1. The van der Waals surface area contributed by atoms with Gasteiger partial charge in [-0.1, -0.05) is 6.92 Å². The molecule has 5 nitrogen and oxygen atoms in total. The molecule has 0 bridgehead atoms. The minimum absolute atomic E-state index is 0.221. The molecule has 0 rings (SSSR count). The van der Waals surface area contributed by atoms with E-state index in [1.165, 1.54) is 0 Å². The highest BCUT2D eigenvalue weighted by Crippen LogP contribution is 2.23. The summed E-state index contributed by atoms with van der Waals surface area (Å²) in [6, 6.07) is 0. The molecule has 0 aliphatic carbocycles. The Labute approximate surface area is 112 Å². The Morgan fingerprint density at radius 1 is 1.17 bits per heavy atom. The van der Waals surface area contributed by atoms with Crippen molar-refractivity contribution in [3.05, 3.63) is 5.21 Å². The SMILES string of the molecule is CCNC(C)(C)O[N+](C)(CC)C(C)(C)[NH+]([O-])CC. The smallest absolute Gasteiger partial charge is 0.247 e. The first-order chi connectivity index (χ1) is 8.06. The van der Waals surface area contributed by atoms with Gasteiger partial charge in [0.1, 0.15) is 13.6 Å². The van der Waals surface area contributed by atoms with Crippen LogP contribution in [0, 0.1) is 5.21 Å². The lowest BCUT2D eigenvalue weighted by atomic mass is 10.2. The van der Waals surface area contributed by atoms with Gasteiger partial charge >= 0.3 is 0 Å². The van der Waals surface area contributed by atoms with Crippen molar-refractivity contribution in [2.24, 2.45) is 0 Å². The summed E-state index contributed by atoms with van der Waals surface area (Å²) in [7, 11) is 1.98. The molecule has 0 amide bonds. The van der Waals surface area contributed by atoms with Crippen molar-refractivity contribution in [1.82, 2.24) is 5.32 Å². The summed E-state index contributed by atoms with van der Waals surface area (Å²) in [4.78, 5) is 6.21. The summed E-state index contributed by atoms with van der Waals surface area (Å²) < 4.78 is 0.277. The number of hydrogen-bond acceptors (Lipinski definition) is 3. The van der Waals surface area contributed by atoms with E-state index >= 15 is 0 Å². The molecule has 0 radical (unpaired) electrons. The molecule has 0 saturated carbocycles. The minimum atomic E-state index is -0.545. The van der Waals surface area contributed by atoms with Crippen LogP contribution in [-0.2, 0) is 4.84 Å². The van der Waals surface area contributed by atoms with Crippen molar-refractivity contribution in [3.63, 3.8) is 0 Å². The number of hydrogen-bond donors (Lipinski definition) is 2. The topological polar surface area (TPSA) is 48.8 Å². The molecule has 110 valence electrons. The molecule has 0 aromatic carbocycles. The van der Waals surface area contributed by atoms with Gasteiger partial charge in [-0.15, -0.1) is 4.65 Å². The second kappa shape index (κ2) is 6.30. The number of nitrogens with one attached hydrogen (secondary N) is 2. The molecule has 0 aromatic rings. The predicted octanol–water partition coefficient (Wildman–Crippen LogP) is 0.869. The van der Waals surface area contributed by atoms with Crippen molar-refractivity contribution < 1.29 is 14.5 Å². The van der Waals surface area contributed by atoms with E-state index < -0.39 is 11.4 Å². The van der Waals surface area contributed by atoms with E-state index in [2.05, 4.69) is 5.32 Å². The maximum absolute atomic E-state index is 12.2. The Morgan fingerprint density at radius 2 is 1.67 bits per heavy atom. The van der Waals surface area contributed by atoms with Crippen LogP contribution in [0.4, 0.5) is 0 Å². The van der Waals surface area contributed by atoms with Gasteiger partial charge in [0.05, 0.1) is 6.54 Å². The molecule has 0 aliphatic rings. The van der Waals surface area contributed by atoms with Crippen LogP contribution in [0.1, 0.15) is 48.5 Å². The Hall–Kier alpha value is -0.200. The van der Waals surface area contributed by atoms with E-state index in [4.69, 9.17) is 4.84 Å². The number of quaternary nitrogens is 2. The Kier molecular flexibility index (Phi) is 6.23. The number of rotatable bonds is 8. The fourth-order valence-electron chi connectivity index (χ4n) is 2.23. The van der Waals surface area contributed by atoms with E-state index in [0.29, 0.717) is 6.54 Å². The molecule has 5 heteroatoms.